The molecule has 4 saturated carbocycles. The number of aliphatic carboxylic acids is 1. The summed E-state index contributed by atoms with van der Waals surface area (Å²) in [5, 5.41) is 19.5. The number of carbonyl (C=O) groups excluding carboxylic acids is 1. The van der Waals surface area contributed by atoms with Crippen molar-refractivity contribution in [2.45, 2.75) is 123 Å². The molecule has 0 radical (unpaired) electrons. The van der Waals surface area contributed by atoms with Crippen LogP contribution in [-0.2, 0) is 14.3 Å². The van der Waals surface area contributed by atoms with Gasteiger partial charge in [-0.15, -0.1) is 0 Å². The van der Waals surface area contributed by atoms with E-state index in [1.165, 1.54) is 6.92 Å². The van der Waals surface area contributed by atoms with E-state index in [1.54, 1.807) is 0 Å². The second kappa shape index (κ2) is 10.0. The second-order valence-corrected chi connectivity index (χ2v) is 13.5. The van der Waals surface area contributed by atoms with Gasteiger partial charge in [-0.2, -0.15) is 13.2 Å². The number of aliphatic hydroxyl groups is 1. The average molecular weight is 531 g/mol. The van der Waals surface area contributed by atoms with Gasteiger partial charge in [0.25, 0.3) is 0 Å². The molecule has 5 nitrogen and oxygen atoms in total. The number of carboxylic acid groups (broad SMARTS) is 1. The van der Waals surface area contributed by atoms with Gasteiger partial charge in [-0.1, -0.05) is 33.6 Å². The summed E-state index contributed by atoms with van der Waals surface area (Å²) in [7, 11) is 0. The van der Waals surface area contributed by atoms with Gasteiger partial charge in [0.2, 0.25) is 0 Å². The number of rotatable bonds is 7. The molecule has 37 heavy (non-hydrogen) atoms. The van der Waals surface area contributed by atoms with Gasteiger partial charge in [0.15, 0.2) is 5.60 Å². The Morgan fingerprint density at radius 3 is 2.32 bits per heavy atom. The minimum atomic E-state index is -4.66. The number of hydrogen-bond donors (Lipinski definition) is 2. The molecule has 0 aromatic carbocycles. The number of alkyl halides is 3. The van der Waals surface area contributed by atoms with Crippen molar-refractivity contribution in [1.29, 1.82) is 0 Å². The summed E-state index contributed by atoms with van der Waals surface area (Å²) in [6, 6.07) is 0. The zero-order valence-corrected chi connectivity index (χ0v) is 22.8. The molecule has 8 heteroatoms. The van der Waals surface area contributed by atoms with Gasteiger partial charge < -0.3 is 14.9 Å². The van der Waals surface area contributed by atoms with E-state index in [1.807, 2.05) is 0 Å². The number of carbonyl (C=O) groups is 2. The molecule has 0 aliphatic heterocycles. The van der Waals surface area contributed by atoms with Gasteiger partial charge in [-0.25, -0.2) is 0 Å². The van der Waals surface area contributed by atoms with Gasteiger partial charge in [0, 0.05) is 19.3 Å². The van der Waals surface area contributed by atoms with E-state index < -0.39 is 23.9 Å². The lowest BCUT2D eigenvalue weighted by atomic mass is 9.43. The van der Waals surface area contributed by atoms with Crippen molar-refractivity contribution >= 4 is 11.9 Å². The maximum atomic E-state index is 13.8. The molecular weight excluding hydrogens is 485 g/mol. The largest absolute Gasteiger partial charge is 0.481 e. The fourth-order valence-corrected chi connectivity index (χ4v) is 9.70. The van der Waals surface area contributed by atoms with Crippen molar-refractivity contribution in [3.8, 4) is 0 Å². The Bertz CT molecular complexity index is 876. The van der Waals surface area contributed by atoms with E-state index in [0.29, 0.717) is 37.0 Å². The summed E-state index contributed by atoms with van der Waals surface area (Å²) >= 11 is 0. The third-order valence-electron chi connectivity index (χ3n) is 11.6. The van der Waals surface area contributed by atoms with Crippen molar-refractivity contribution in [2.75, 3.05) is 0 Å². The molecule has 0 bridgehead atoms. The Balaban J connectivity index is 1.57. The van der Waals surface area contributed by atoms with Crippen molar-refractivity contribution in [1.82, 2.24) is 0 Å². The number of carboxylic acids is 1. The van der Waals surface area contributed by atoms with Crippen LogP contribution in [0.3, 0.4) is 0 Å². The first kappa shape index (κ1) is 28.7. The predicted molar refractivity (Wildman–Crippen MR) is 132 cm³/mol. The Labute approximate surface area is 218 Å². The Morgan fingerprint density at radius 2 is 1.70 bits per heavy atom. The first-order chi connectivity index (χ1) is 17.1. The van der Waals surface area contributed by atoms with E-state index in [9.17, 15) is 27.9 Å². The van der Waals surface area contributed by atoms with Gasteiger partial charge in [-0.3, -0.25) is 9.59 Å². The molecule has 4 aliphatic rings. The summed E-state index contributed by atoms with van der Waals surface area (Å²) in [5.41, 5.74) is -2.89. The maximum Gasteiger partial charge on any atom is 0.417 e. The van der Waals surface area contributed by atoms with Crippen LogP contribution in [0.15, 0.2) is 0 Å². The quantitative estimate of drug-likeness (QED) is 0.281. The van der Waals surface area contributed by atoms with Crippen molar-refractivity contribution in [2.24, 2.45) is 46.3 Å². The van der Waals surface area contributed by atoms with E-state index in [0.717, 1.165) is 38.5 Å². The highest BCUT2D eigenvalue weighted by Gasteiger charge is 2.67. The first-order valence-corrected chi connectivity index (χ1v) is 14.3. The molecule has 0 saturated heterocycles. The smallest absolute Gasteiger partial charge is 0.417 e. The molecule has 0 heterocycles. The second-order valence-electron chi connectivity index (χ2n) is 13.5. The van der Waals surface area contributed by atoms with Crippen LogP contribution in [0.25, 0.3) is 0 Å². The average Bonchev–Trinajstić information content (AvgIpc) is 3.13. The lowest BCUT2D eigenvalue weighted by Crippen LogP contribution is -2.62. The Kier molecular flexibility index (Phi) is 7.77. The van der Waals surface area contributed by atoms with E-state index >= 15 is 0 Å². The Morgan fingerprint density at radius 1 is 1.03 bits per heavy atom. The van der Waals surface area contributed by atoms with Crippen molar-refractivity contribution in [3.63, 3.8) is 0 Å². The maximum absolute atomic E-state index is 13.8. The summed E-state index contributed by atoms with van der Waals surface area (Å²) in [6.45, 7) is 8.18. The molecule has 212 valence electrons. The van der Waals surface area contributed by atoms with Crippen LogP contribution in [-0.4, -0.2) is 40.0 Å². The predicted octanol–water partition coefficient (Wildman–Crippen LogP) is 6.76. The molecular formula is C29H45F3O5. The molecule has 2 N–H and O–H groups in total. The lowest BCUT2D eigenvalue weighted by molar-refractivity contribution is -0.294. The van der Waals surface area contributed by atoms with Crippen LogP contribution in [0.1, 0.15) is 105 Å². The fraction of sp³-hybridized carbons (Fsp3) is 0.931. The molecule has 4 aliphatic carbocycles. The van der Waals surface area contributed by atoms with Crippen molar-refractivity contribution < 1.29 is 37.7 Å². The fourth-order valence-electron chi connectivity index (χ4n) is 9.70. The number of hydrogen-bond acceptors (Lipinski definition) is 4. The van der Waals surface area contributed by atoms with E-state index in [4.69, 9.17) is 9.84 Å². The minimum Gasteiger partial charge on any atom is -0.481 e. The zero-order chi connectivity index (χ0) is 27.4. The highest BCUT2D eigenvalue weighted by atomic mass is 19.4. The topological polar surface area (TPSA) is 83.8 Å². The van der Waals surface area contributed by atoms with Gasteiger partial charge in [-0.05, 0) is 98.2 Å². The van der Waals surface area contributed by atoms with Crippen LogP contribution in [0, 0.1) is 46.3 Å². The summed E-state index contributed by atoms with van der Waals surface area (Å²) in [6.07, 6.45) is 1.92. The van der Waals surface area contributed by atoms with Crippen LogP contribution >= 0.6 is 0 Å². The van der Waals surface area contributed by atoms with Crippen LogP contribution in [0.4, 0.5) is 13.2 Å². The van der Waals surface area contributed by atoms with Gasteiger partial charge in [0.1, 0.15) is 6.10 Å². The lowest BCUT2D eigenvalue weighted by Gasteiger charge is -2.63. The number of halogens is 3. The van der Waals surface area contributed by atoms with Gasteiger partial charge in [0.05, 0.1) is 0 Å². The minimum absolute atomic E-state index is 0.0797. The van der Waals surface area contributed by atoms with Crippen molar-refractivity contribution in [3.05, 3.63) is 0 Å². The number of fused-ring (bicyclic) bond motifs is 5. The highest BCUT2D eigenvalue weighted by molar-refractivity contribution is 5.66. The van der Waals surface area contributed by atoms with Gasteiger partial charge >= 0.3 is 18.1 Å². The Hall–Kier alpha value is -1.31. The molecule has 0 spiro atoms. The SMILES string of the molecule is CC(=O)O[C@@H]1C[C@@H]2C[C@@](O)(C(F)(F)F)CC[C@]2(C)[C@H]2CC[C@]3(C)[C@@H]([C@H](C)CCCCC(=O)O)CC[C@H]3[C@H]12. The molecule has 0 amide bonds. The molecule has 4 rings (SSSR count). The molecule has 4 fully saturated rings. The summed E-state index contributed by atoms with van der Waals surface area (Å²) in [5.74, 6) is 0.154. The molecule has 0 unspecified atom stereocenters. The monoisotopic (exact) mass is 530 g/mol. The van der Waals surface area contributed by atoms with Crippen LogP contribution in [0.5, 0.6) is 0 Å². The zero-order valence-electron chi connectivity index (χ0n) is 22.8. The summed E-state index contributed by atoms with van der Waals surface area (Å²) in [4.78, 5) is 23.0. The molecule has 10 atom stereocenters. The number of esters is 1. The first-order valence-electron chi connectivity index (χ1n) is 14.3. The van der Waals surface area contributed by atoms with E-state index in [2.05, 4.69) is 20.8 Å². The van der Waals surface area contributed by atoms with Crippen LogP contribution in [0.2, 0.25) is 0 Å². The standard InChI is InChI=1S/C29H45F3O5/c1-17(7-5-6-8-24(34)35)20-9-10-21-25-22(11-12-27(20,21)4)26(3)13-14-28(36,29(30,31)32)16-19(26)15-23(25)37-18(2)33/h17,19-23,25,36H,5-16H2,1-4H3,(H,34,35)/t17-,19-,20-,21+,22+,23-,25+,26+,27-,28-/m1/s1. The third-order valence-corrected chi connectivity index (χ3v) is 11.6. The normalized spacial score (nSPS) is 44.3. The number of unbranched alkanes of at least 4 members (excludes halogenated alkanes) is 1. The molecule has 0 aromatic rings. The van der Waals surface area contributed by atoms with E-state index in [-0.39, 0.29) is 53.8 Å². The highest BCUT2D eigenvalue weighted by Crippen LogP contribution is 2.69. The third kappa shape index (κ3) is 5.05. The number of ether oxygens (including phenoxy) is 1. The van der Waals surface area contributed by atoms with Crippen LogP contribution < -0.4 is 0 Å². The molecule has 0 aromatic heterocycles. The summed E-state index contributed by atoms with van der Waals surface area (Å²) < 4.78 is 47.2.